The molecular formula is C11H7F3N2OS2. The Morgan fingerprint density at radius 3 is 2.47 bits per heavy atom. The van der Waals surface area contributed by atoms with Gasteiger partial charge in [0, 0.05) is 16.0 Å². The highest BCUT2D eigenvalue weighted by molar-refractivity contribution is 8.00. The van der Waals surface area contributed by atoms with Gasteiger partial charge in [0.05, 0.1) is 5.51 Å². The van der Waals surface area contributed by atoms with Crippen LogP contribution in [0.15, 0.2) is 40.1 Å². The van der Waals surface area contributed by atoms with Crippen molar-refractivity contribution in [2.75, 3.05) is 5.32 Å². The van der Waals surface area contributed by atoms with Gasteiger partial charge in [-0.25, -0.2) is 4.98 Å². The van der Waals surface area contributed by atoms with Crippen LogP contribution in [0.5, 0.6) is 0 Å². The summed E-state index contributed by atoms with van der Waals surface area (Å²) in [6, 6.07) is 5.43. The Kier molecular flexibility index (Phi) is 4.11. The number of carbonyl (C=O) groups is 1. The average molecular weight is 304 g/mol. The Bertz CT molecular complexity index is 552. The van der Waals surface area contributed by atoms with Gasteiger partial charge in [0.15, 0.2) is 0 Å². The van der Waals surface area contributed by atoms with Crippen molar-refractivity contribution >= 4 is 34.7 Å². The van der Waals surface area contributed by atoms with Gasteiger partial charge in [-0.15, -0.1) is 11.3 Å². The predicted molar refractivity (Wildman–Crippen MR) is 68.4 cm³/mol. The van der Waals surface area contributed by atoms with Gasteiger partial charge in [-0.3, -0.25) is 4.79 Å². The monoisotopic (exact) mass is 304 g/mol. The molecule has 0 saturated carbocycles. The SMILES string of the molecule is O=C(Nc1ccc(SC(F)(F)F)cc1)c1cscn1. The van der Waals surface area contributed by atoms with Crippen molar-refractivity contribution in [2.24, 2.45) is 0 Å². The average Bonchev–Trinajstić information content (AvgIpc) is 2.83. The smallest absolute Gasteiger partial charge is 0.321 e. The Labute approximate surface area is 114 Å². The Hall–Kier alpha value is -1.54. The van der Waals surface area contributed by atoms with Crippen molar-refractivity contribution in [3.63, 3.8) is 0 Å². The Balaban J connectivity index is 2.01. The van der Waals surface area contributed by atoms with Crippen molar-refractivity contribution in [2.45, 2.75) is 10.4 Å². The quantitative estimate of drug-likeness (QED) is 0.871. The molecule has 0 aliphatic heterocycles. The van der Waals surface area contributed by atoms with Crippen LogP contribution in [0.4, 0.5) is 18.9 Å². The summed E-state index contributed by atoms with van der Waals surface area (Å²) in [6.45, 7) is 0. The molecule has 0 aliphatic carbocycles. The molecule has 100 valence electrons. The Morgan fingerprint density at radius 1 is 1.26 bits per heavy atom. The van der Waals surface area contributed by atoms with E-state index in [1.165, 1.54) is 41.1 Å². The fraction of sp³-hybridized carbons (Fsp3) is 0.0909. The zero-order valence-corrected chi connectivity index (χ0v) is 10.9. The highest BCUT2D eigenvalue weighted by Gasteiger charge is 2.29. The number of hydrogen-bond acceptors (Lipinski definition) is 4. The second-order valence-electron chi connectivity index (χ2n) is 3.40. The van der Waals surface area contributed by atoms with Crippen LogP contribution in [-0.2, 0) is 0 Å². The normalized spacial score (nSPS) is 11.3. The number of alkyl halides is 3. The van der Waals surface area contributed by atoms with E-state index in [-0.39, 0.29) is 22.4 Å². The van der Waals surface area contributed by atoms with Gasteiger partial charge in [-0.1, -0.05) is 0 Å². The van der Waals surface area contributed by atoms with E-state index in [1.54, 1.807) is 5.38 Å². The van der Waals surface area contributed by atoms with E-state index in [9.17, 15) is 18.0 Å². The van der Waals surface area contributed by atoms with E-state index < -0.39 is 11.4 Å². The molecule has 0 atom stereocenters. The van der Waals surface area contributed by atoms with Gasteiger partial charge >= 0.3 is 5.51 Å². The van der Waals surface area contributed by atoms with E-state index in [4.69, 9.17) is 0 Å². The van der Waals surface area contributed by atoms with Crippen LogP contribution in [0.2, 0.25) is 0 Å². The second kappa shape index (κ2) is 5.62. The molecule has 2 rings (SSSR count). The number of hydrogen-bond donors (Lipinski definition) is 1. The van der Waals surface area contributed by atoms with E-state index in [0.29, 0.717) is 5.69 Å². The molecule has 1 aromatic carbocycles. The minimum absolute atomic E-state index is 0.0687. The molecule has 1 N–H and O–H groups in total. The first kappa shape index (κ1) is 13.9. The maximum absolute atomic E-state index is 12.1. The first-order chi connectivity index (χ1) is 8.94. The molecule has 2 aromatic rings. The number of thiazole rings is 1. The van der Waals surface area contributed by atoms with Crippen molar-refractivity contribution in [3.8, 4) is 0 Å². The number of amides is 1. The van der Waals surface area contributed by atoms with Gasteiger partial charge in [0.2, 0.25) is 0 Å². The number of rotatable bonds is 3. The molecule has 0 radical (unpaired) electrons. The third-order valence-electron chi connectivity index (χ3n) is 2.01. The van der Waals surface area contributed by atoms with Crippen LogP contribution in [-0.4, -0.2) is 16.4 Å². The summed E-state index contributed by atoms with van der Waals surface area (Å²) in [6.07, 6.45) is 0. The highest BCUT2D eigenvalue weighted by atomic mass is 32.2. The zero-order chi connectivity index (χ0) is 13.9. The van der Waals surface area contributed by atoms with Crippen molar-refractivity contribution in [1.82, 2.24) is 4.98 Å². The molecule has 0 bridgehead atoms. The number of halogens is 3. The van der Waals surface area contributed by atoms with Crippen LogP contribution < -0.4 is 5.32 Å². The van der Waals surface area contributed by atoms with Crippen LogP contribution in [0.3, 0.4) is 0 Å². The number of carbonyl (C=O) groups excluding carboxylic acids is 1. The van der Waals surface area contributed by atoms with Crippen molar-refractivity contribution in [3.05, 3.63) is 40.8 Å². The van der Waals surface area contributed by atoms with Crippen LogP contribution in [0.25, 0.3) is 0 Å². The molecule has 1 heterocycles. The fourth-order valence-corrected chi connectivity index (χ4v) is 2.33. The molecule has 0 spiro atoms. The maximum Gasteiger partial charge on any atom is 0.446 e. The predicted octanol–water partition coefficient (Wildman–Crippen LogP) is 4.01. The molecular weight excluding hydrogens is 297 g/mol. The summed E-state index contributed by atoms with van der Waals surface area (Å²) in [5.74, 6) is -0.391. The lowest BCUT2D eigenvalue weighted by Gasteiger charge is -2.07. The van der Waals surface area contributed by atoms with Crippen LogP contribution in [0, 0.1) is 0 Å². The molecule has 0 aliphatic rings. The van der Waals surface area contributed by atoms with Gasteiger partial charge in [0.25, 0.3) is 5.91 Å². The van der Waals surface area contributed by atoms with Crippen molar-refractivity contribution < 1.29 is 18.0 Å². The molecule has 8 heteroatoms. The Morgan fingerprint density at radius 2 is 1.95 bits per heavy atom. The molecule has 1 amide bonds. The number of thioether (sulfide) groups is 1. The fourth-order valence-electron chi connectivity index (χ4n) is 1.26. The lowest BCUT2D eigenvalue weighted by atomic mass is 10.3. The summed E-state index contributed by atoms with van der Waals surface area (Å²) in [5.41, 5.74) is -2.09. The molecule has 0 unspecified atom stereocenters. The summed E-state index contributed by atoms with van der Waals surface area (Å²) >= 11 is 1.09. The number of nitrogens with zero attached hydrogens (tertiary/aromatic N) is 1. The number of anilines is 1. The van der Waals surface area contributed by atoms with Gasteiger partial charge < -0.3 is 5.32 Å². The first-order valence-corrected chi connectivity index (χ1v) is 6.75. The minimum Gasteiger partial charge on any atom is -0.321 e. The van der Waals surface area contributed by atoms with Gasteiger partial charge in [-0.05, 0) is 36.0 Å². The first-order valence-electron chi connectivity index (χ1n) is 4.99. The lowest BCUT2D eigenvalue weighted by Crippen LogP contribution is -2.11. The number of benzene rings is 1. The topological polar surface area (TPSA) is 42.0 Å². The molecule has 1 aromatic heterocycles. The van der Waals surface area contributed by atoms with Crippen LogP contribution in [0.1, 0.15) is 10.5 Å². The number of aromatic nitrogens is 1. The van der Waals surface area contributed by atoms with E-state index in [2.05, 4.69) is 10.3 Å². The molecule has 0 fully saturated rings. The molecule has 19 heavy (non-hydrogen) atoms. The second-order valence-corrected chi connectivity index (χ2v) is 5.26. The van der Waals surface area contributed by atoms with Gasteiger partial charge in [0.1, 0.15) is 5.69 Å². The van der Waals surface area contributed by atoms with Crippen LogP contribution >= 0.6 is 23.1 Å². The van der Waals surface area contributed by atoms with Gasteiger partial charge in [-0.2, -0.15) is 13.2 Å². The summed E-state index contributed by atoms with van der Waals surface area (Å²) < 4.78 is 36.4. The third-order valence-corrected chi connectivity index (χ3v) is 3.34. The summed E-state index contributed by atoms with van der Waals surface area (Å²) in [4.78, 5) is 15.5. The highest BCUT2D eigenvalue weighted by Crippen LogP contribution is 2.37. The van der Waals surface area contributed by atoms with Crippen molar-refractivity contribution in [1.29, 1.82) is 0 Å². The van der Waals surface area contributed by atoms with E-state index >= 15 is 0 Å². The number of nitrogens with one attached hydrogen (secondary N) is 1. The minimum atomic E-state index is -4.31. The third kappa shape index (κ3) is 4.25. The summed E-state index contributed by atoms with van der Waals surface area (Å²) in [7, 11) is 0. The lowest BCUT2D eigenvalue weighted by molar-refractivity contribution is -0.0328. The summed E-state index contributed by atoms with van der Waals surface area (Å²) in [5, 5.41) is 4.14. The maximum atomic E-state index is 12.1. The largest absolute Gasteiger partial charge is 0.446 e. The standard InChI is InChI=1S/C11H7F3N2OS2/c12-11(13,14)19-8-3-1-7(2-4-8)16-10(17)9-5-18-6-15-9/h1-6H,(H,16,17). The van der Waals surface area contributed by atoms with E-state index in [0.717, 1.165) is 0 Å². The molecule has 3 nitrogen and oxygen atoms in total. The van der Waals surface area contributed by atoms with E-state index in [1.807, 2.05) is 0 Å². The zero-order valence-electron chi connectivity index (χ0n) is 9.27. The molecule has 0 saturated heterocycles.